The molecule has 2 N–H and O–H groups in total. The molecule has 74 valence electrons. The van der Waals surface area contributed by atoms with Gasteiger partial charge < -0.3 is 5.73 Å². The van der Waals surface area contributed by atoms with Gasteiger partial charge in [-0.15, -0.1) is 0 Å². The first-order valence-electron chi connectivity index (χ1n) is 3.44. The topological polar surface area (TPSA) is 63.4 Å². The summed E-state index contributed by atoms with van der Waals surface area (Å²) in [5.41, 5.74) is 5.05. The zero-order chi connectivity index (χ0) is 9.78. The molecule has 0 aromatic rings. The van der Waals surface area contributed by atoms with Gasteiger partial charge in [-0.3, -0.25) is 0 Å². The largest absolute Gasteiger partial charge is 0.350 e. The molecule has 0 fully saturated rings. The fourth-order valence-corrected chi connectivity index (χ4v) is 1.67. The molecule has 0 bridgehead atoms. The lowest BCUT2D eigenvalue weighted by atomic mass is 10.6. The first kappa shape index (κ1) is 11.7. The fourth-order valence-electron chi connectivity index (χ4n) is 0.722. The van der Waals surface area contributed by atoms with Crippen LogP contribution in [0.3, 0.4) is 0 Å². The minimum atomic E-state index is -4.43. The van der Waals surface area contributed by atoms with Crippen LogP contribution in [0.4, 0.5) is 8.78 Å². The Bertz CT molecular complexity index is 217. The van der Waals surface area contributed by atoms with Crippen LogP contribution < -0.4 is 5.73 Å². The van der Waals surface area contributed by atoms with Crippen molar-refractivity contribution in [3.8, 4) is 0 Å². The predicted molar refractivity (Wildman–Crippen MR) is 41.2 cm³/mol. The molecular formula is C5H12F2N2O2S. The van der Waals surface area contributed by atoms with Gasteiger partial charge in [-0.2, -0.15) is 13.1 Å². The molecule has 0 unspecified atom stereocenters. The third-order valence-corrected chi connectivity index (χ3v) is 2.93. The van der Waals surface area contributed by atoms with Crippen LogP contribution in [0.15, 0.2) is 0 Å². The number of nitrogens with zero attached hydrogens (tertiary/aromatic N) is 1. The number of rotatable bonds is 5. The molecule has 0 heterocycles. The second kappa shape index (κ2) is 4.68. The van der Waals surface area contributed by atoms with Gasteiger partial charge >= 0.3 is 5.76 Å². The molecule has 0 amide bonds. The Morgan fingerprint density at radius 2 is 2.00 bits per heavy atom. The van der Waals surface area contributed by atoms with Gasteiger partial charge in [-0.1, -0.05) is 6.92 Å². The highest BCUT2D eigenvalue weighted by Gasteiger charge is 2.29. The fraction of sp³-hybridized carbons (Fsp3) is 1.00. The van der Waals surface area contributed by atoms with E-state index in [2.05, 4.69) is 0 Å². The van der Waals surface area contributed by atoms with Gasteiger partial charge in [-0.25, -0.2) is 8.42 Å². The lowest BCUT2D eigenvalue weighted by Crippen LogP contribution is -2.38. The van der Waals surface area contributed by atoms with Crippen molar-refractivity contribution in [3.05, 3.63) is 0 Å². The maximum absolute atomic E-state index is 11.9. The van der Waals surface area contributed by atoms with Crippen LogP contribution in [-0.4, -0.2) is 38.1 Å². The van der Waals surface area contributed by atoms with Crippen molar-refractivity contribution in [1.29, 1.82) is 0 Å². The van der Waals surface area contributed by atoms with Crippen LogP contribution >= 0.6 is 0 Å². The normalized spacial score (nSPS) is 12.8. The van der Waals surface area contributed by atoms with Crippen molar-refractivity contribution in [3.63, 3.8) is 0 Å². The zero-order valence-corrected chi connectivity index (χ0v) is 7.52. The van der Waals surface area contributed by atoms with Crippen LogP contribution in [-0.2, 0) is 10.0 Å². The van der Waals surface area contributed by atoms with Crippen LogP contribution in [0, 0.1) is 0 Å². The maximum atomic E-state index is 11.9. The average molecular weight is 202 g/mol. The lowest BCUT2D eigenvalue weighted by molar-refractivity contribution is 0.220. The Kier molecular flexibility index (Phi) is 4.58. The molecule has 4 nitrogen and oxygen atoms in total. The molecule has 0 aromatic heterocycles. The van der Waals surface area contributed by atoms with Crippen LogP contribution in [0.5, 0.6) is 0 Å². The summed E-state index contributed by atoms with van der Waals surface area (Å²) in [6, 6.07) is 0. The molecule has 0 aromatic carbocycles. The first-order valence-corrected chi connectivity index (χ1v) is 4.94. The number of hydrogen-bond acceptors (Lipinski definition) is 3. The number of alkyl halides is 2. The van der Waals surface area contributed by atoms with E-state index >= 15 is 0 Å². The van der Waals surface area contributed by atoms with Crippen LogP contribution in [0.1, 0.15) is 6.92 Å². The van der Waals surface area contributed by atoms with Gasteiger partial charge in [0, 0.05) is 19.6 Å². The first-order chi connectivity index (χ1) is 5.46. The molecule has 0 spiro atoms. The van der Waals surface area contributed by atoms with Gasteiger partial charge in [-0.05, 0) is 0 Å². The quantitative estimate of drug-likeness (QED) is 0.672. The Labute approximate surface area is 70.4 Å². The van der Waals surface area contributed by atoms with E-state index < -0.39 is 15.8 Å². The maximum Gasteiger partial charge on any atom is 0.350 e. The minimum Gasteiger partial charge on any atom is -0.329 e. The number of nitrogens with two attached hydrogens (primary N) is 1. The summed E-state index contributed by atoms with van der Waals surface area (Å²) in [6.07, 6.45) is 0. The number of hydrogen-bond donors (Lipinski definition) is 1. The van der Waals surface area contributed by atoms with Crippen molar-refractivity contribution < 1.29 is 17.2 Å². The highest BCUT2D eigenvalue weighted by Crippen LogP contribution is 2.10. The molecule has 0 saturated heterocycles. The van der Waals surface area contributed by atoms with Crippen LogP contribution in [0.2, 0.25) is 0 Å². The van der Waals surface area contributed by atoms with E-state index in [-0.39, 0.29) is 19.6 Å². The predicted octanol–water partition coefficient (Wildman–Crippen LogP) is -0.181. The molecular weight excluding hydrogens is 190 g/mol. The summed E-state index contributed by atoms with van der Waals surface area (Å²) < 4.78 is 46.0. The van der Waals surface area contributed by atoms with Crippen LogP contribution in [0.25, 0.3) is 0 Å². The van der Waals surface area contributed by atoms with Crippen molar-refractivity contribution in [2.24, 2.45) is 5.73 Å². The second-order valence-corrected chi connectivity index (χ2v) is 3.99. The number of likely N-dealkylation sites (N-methyl/N-ethyl adjacent to an activating group) is 1. The van der Waals surface area contributed by atoms with Crippen molar-refractivity contribution in [1.82, 2.24) is 4.31 Å². The Hall–Kier alpha value is -0.270. The minimum absolute atomic E-state index is 0.0177. The van der Waals surface area contributed by atoms with Gasteiger partial charge in [0.25, 0.3) is 10.0 Å². The van der Waals surface area contributed by atoms with Gasteiger partial charge in [0.15, 0.2) is 0 Å². The van der Waals surface area contributed by atoms with E-state index in [9.17, 15) is 17.2 Å². The van der Waals surface area contributed by atoms with E-state index in [1.807, 2.05) is 0 Å². The summed E-state index contributed by atoms with van der Waals surface area (Å²) in [5.74, 6) is -3.36. The number of sulfonamides is 1. The summed E-state index contributed by atoms with van der Waals surface area (Å²) in [7, 11) is -4.43. The van der Waals surface area contributed by atoms with E-state index in [4.69, 9.17) is 5.73 Å². The van der Waals surface area contributed by atoms with Crippen molar-refractivity contribution >= 4 is 10.0 Å². The molecule has 0 aliphatic rings. The second-order valence-electron chi connectivity index (χ2n) is 2.09. The summed E-state index contributed by atoms with van der Waals surface area (Å²) in [5, 5.41) is 0. The average Bonchev–Trinajstić information content (AvgIpc) is 1.99. The van der Waals surface area contributed by atoms with E-state index in [0.717, 1.165) is 0 Å². The van der Waals surface area contributed by atoms with Gasteiger partial charge in [0.2, 0.25) is 0 Å². The molecule has 12 heavy (non-hydrogen) atoms. The Morgan fingerprint density at radius 1 is 1.50 bits per heavy atom. The van der Waals surface area contributed by atoms with Gasteiger partial charge in [0.05, 0.1) is 0 Å². The molecule has 0 rings (SSSR count). The summed E-state index contributed by atoms with van der Waals surface area (Å²) in [4.78, 5) is 0. The van der Waals surface area contributed by atoms with Gasteiger partial charge in [0.1, 0.15) is 0 Å². The zero-order valence-electron chi connectivity index (χ0n) is 6.70. The number of halogens is 2. The summed E-state index contributed by atoms with van der Waals surface area (Å²) in [6.45, 7) is 1.47. The SMILES string of the molecule is CCN(CCN)S(=O)(=O)C(F)F. The monoisotopic (exact) mass is 202 g/mol. The summed E-state index contributed by atoms with van der Waals surface area (Å²) >= 11 is 0. The van der Waals surface area contributed by atoms with E-state index in [1.165, 1.54) is 6.92 Å². The molecule has 7 heteroatoms. The smallest absolute Gasteiger partial charge is 0.329 e. The molecule has 0 radical (unpaired) electrons. The standard InChI is InChI=1S/C5H12F2N2O2S/c1-2-9(4-3-8)12(10,11)5(6)7/h5H,2-4,8H2,1H3. The van der Waals surface area contributed by atoms with Crippen molar-refractivity contribution in [2.45, 2.75) is 12.7 Å². The molecule has 0 aliphatic heterocycles. The molecule has 0 aliphatic carbocycles. The Balaban J connectivity index is 4.49. The molecule has 0 atom stereocenters. The molecule has 0 saturated carbocycles. The van der Waals surface area contributed by atoms with Crippen molar-refractivity contribution in [2.75, 3.05) is 19.6 Å². The third-order valence-electron chi connectivity index (χ3n) is 1.32. The highest BCUT2D eigenvalue weighted by molar-refractivity contribution is 7.89. The third kappa shape index (κ3) is 2.65. The lowest BCUT2D eigenvalue weighted by Gasteiger charge is -2.18. The van der Waals surface area contributed by atoms with E-state index in [0.29, 0.717) is 4.31 Å². The highest BCUT2D eigenvalue weighted by atomic mass is 32.2. The Morgan fingerprint density at radius 3 is 2.25 bits per heavy atom. The van der Waals surface area contributed by atoms with E-state index in [1.54, 1.807) is 0 Å².